The molecular formula is C15H21N5. The Morgan fingerprint density at radius 3 is 2.75 bits per heavy atom. The predicted molar refractivity (Wildman–Crippen MR) is 79.1 cm³/mol. The third-order valence-corrected chi connectivity index (χ3v) is 4.50. The van der Waals surface area contributed by atoms with Crippen molar-refractivity contribution in [2.45, 2.75) is 45.6 Å². The molecule has 5 heteroatoms. The van der Waals surface area contributed by atoms with E-state index in [9.17, 15) is 0 Å². The van der Waals surface area contributed by atoms with Gasteiger partial charge in [-0.05, 0) is 54.7 Å². The molecule has 1 fully saturated rings. The fraction of sp³-hybridized carbons (Fsp3) is 0.533. The van der Waals surface area contributed by atoms with Gasteiger partial charge < -0.3 is 5.73 Å². The largest absolute Gasteiger partial charge is 0.398 e. The average Bonchev–Trinajstić information content (AvgIpc) is 3.11. The zero-order valence-corrected chi connectivity index (χ0v) is 12.1. The van der Waals surface area contributed by atoms with Crippen LogP contribution in [0.3, 0.4) is 0 Å². The Kier molecular flexibility index (Phi) is 3.42. The molecule has 0 spiro atoms. The monoisotopic (exact) mass is 271 g/mol. The van der Waals surface area contributed by atoms with Gasteiger partial charge in [0.05, 0.1) is 6.04 Å². The van der Waals surface area contributed by atoms with Crippen LogP contribution in [0, 0.1) is 12.8 Å². The number of nitrogens with two attached hydrogens (primary N) is 1. The molecule has 5 nitrogen and oxygen atoms in total. The van der Waals surface area contributed by atoms with Crippen molar-refractivity contribution < 1.29 is 0 Å². The average molecular weight is 271 g/mol. The van der Waals surface area contributed by atoms with Crippen LogP contribution in [0.5, 0.6) is 0 Å². The summed E-state index contributed by atoms with van der Waals surface area (Å²) >= 11 is 0. The van der Waals surface area contributed by atoms with Gasteiger partial charge in [0.15, 0.2) is 5.82 Å². The Bertz CT molecular complexity index is 598. The van der Waals surface area contributed by atoms with Crippen molar-refractivity contribution >= 4 is 5.69 Å². The van der Waals surface area contributed by atoms with Crippen LogP contribution < -0.4 is 5.73 Å². The lowest BCUT2D eigenvalue weighted by atomic mass is 9.99. The standard InChI is InChI=1S/C15H21N5/c1-10-7-8-13(9-14(10)16)15-17-18-19-20(15)11(2)12-5-3-4-6-12/h7-9,11-12H,3-6,16H2,1-2H3. The highest BCUT2D eigenvalue weighted by Crippen LogP contribution is 2.35. The lowest BCUT2D eigenvalue weighted by molar-refractivity contribution is 0.332. The van der Waals surface area contributed by atoms with E-state index in [-0.39, 0.29) is 0 Å². The van der Waals surface area contributed by atoms with Gasteiger partial charge >= 0.3 is 0 Å². The normalized spacial score (nSPS) is 17.5. The third-order valence-electron chi connectivity index (χ3n) is 4.50. The summed E-state index contributed by atoms with van der Waals surface area (Å²) in [7, 11) is 0. The van der Waals surface area contributed by atoms with Gasteiger partial charge in [0.2, 0.25) is 0 Å². The molecule has 106 valence electrons. The first-order valence-corrected chi connectivity index (χ1v) is 7.31. The lowest BCUT2D eigenvalue weighted by Gasteiger charge is -2.20. The molecule has 0 aliphatic heterocycles. The van der Waals surface area contributed by atoms with Gasteiger partial charge in [0.1, 0.15) is 0 Å². The lowest BCUT2D eigenvalue weighted by Crippen LogP contribution is -2.16. The van der Waals surface area contributed by atoms with Gasteiger partial charge in [0, 0.05) is 11.3 Å². The number of tetrazole rings is 1. The molecule has 1 unspecified atom stereocenters. The molecule has 0 amide bonds. The first-order valence-electron chi connectivity index (χ1n) is 7.31. The van der Waals surface area contributed by atoms with Gasteiger partial charge in [-0.2, -0.15) is 0 Å². The number of nitrogens with zero attached hydrogens (tertiary/aromatic N) is 4. The number of aryl methyl sites for hydroxylation is 1. The highest BCUT2D eigenvalue weighted by molar-refractivity contribution is 5.63. The van der Waals surface area contributed by atoms with E-state index in [4.69, 9.17) is 5.73 Å². The van der Waals surface area contributed by atoms with Crippen molar-refractivity contribution in [1.82, 2.24) is 20.2 Å². The molecule has 1 heterocycles. The van der Waals surface area contributed by atoms with E-state index in [0.29, 0.717) is 12.0 Å². The van der Waals surface area contributed by atoms with Crippen LogP contribution in [0.15, 0.2) is 18.2 Å². The Morgan fingerprint density at radius 2 is 2.05 bits per heavy atom. The third kappa shape index (κ3) is 2.28. The Labute approximate surface area is 119 Å². The molecule has 0 radical (unpaired) electrons. The SMILES string of the molecule is Cc1ccc(-c2nnnn2C(C)C2CCCC2)cc1N. The summed E-state index contributed by atoms with van der Waals surface area (Å²) < 4.78 is 1.96. The van der Waals surface area contributed by atoms with Crippen LogP contribution >= 0.6 is 0 Å². The summed E-state index contributed by atoms with van der Waals surface area (Å²) in [5.41, 5.74) is 8.85. The number of benzene rings is 1. The molecule has 2 N–H and O–H groups in total. The topological polar surface area (TPSA) is 69.6 Å². The van der Waals surface area contributed by atoms with Crippen LogP contribution in [-0.2, 0) is 0 Å². The van der Waals surface area contributed by atoms with Gasteiger partial charge in [-0.3, -0.25) is 0 Å². The second kappa shape index (κ2) is 5.23. The zero-order valence-electron chi connectivity index (χ0n) is 12.1. The minimum atomic E-state index is 0.338. The first-order chi connectivity index (χ1) is 9.66. The molecule has 1 aliphatic carbocycles. The molecule has 0 saturated heterocycles. The number of rotatable bonds is 3. The zero-order chi connectivity index (χ0) is 14.1. The van der Waals surface area contributed by atoms with Crippen LogP contribution in [-0.4, -0.2) is 20.2 Å². The molecular weight excluding hydrogens is 250 g/mol. The van der Waals surface area contributed by atoms with Crippen molar-refractivity contribution in [3.05, 3.63) is 23.8 Å². The van der Waals surface area contributed by atoms with Crippen molar-refractivity contribution in [2.24, 2.45) is 5.92 Å². The Morgan fingerprint density at radius 1 is 1.30 bits per heavy atom. The first kappa shape index (κ1) is 13.1. The number of hydrogen-bond acceptors (Lipinski definition) is 4. The number of hydrogen-bond donors (Lipinski definition) is 1. The maximum Gasteiger partial charge on any atom is 0.182 e. The van der Waals surface area contributed by atoms with Crippen LogP contribution in [0.1, 0.15) is 44.2 Å². The predicted octanol–water partition coefficient (Wildman–Crippen LogP) is 2.98. The summed E-state index contributed by atoms with van der Waals surface area (Å²) in [4.78, 5) is 0. The van der Waals surface area contributed by atoms with Gasteiger partial charge in [0.25, 0.3) is 0 Å². The summed E-state index contributed by atoms with van der Waals surface area (Å²) in [5, 5.41) is 12.3. The molecule has 1 aromatic carbocycles. The Hall–Kier alpha value is -1.91. The molecule has 1 aliphatic rings. The van der Waals surface area contributed by atoms with E-state index in [0.717, 1.165) is 22.6 Å². The molecule has 2 aromatic rings. The van der Waals surface area contributed by atoms with E-state index >= 15 is 0 Å². The van der Waals surface area contributed by atoms with Crippen molar-refractivity contribution in [3.63, 3.8) is 0 Å². The summed E-state index contributed by atoms with van der Waals surface area (Å²) in [6, 6.07) is 6.35. The number of anilines is 1. The second-order valence-electron chi connectivity index (χ2n) is 5.80. The van der Waals surface area contributed by atoms with E-state index in [2.05, 4.69) is 22.4 Å². The van der Waals surface area contributed by atoms with Crippen LogP contribution in [0.4, 0.5) is 5.69 Å². The number of nitrogen functional groups attached to an aromatic ring is 1. The fourth-order valence-corrected chi connectivity index (χ4v) is 3.08. The van der Waals surface area contributed by atoms with E-state index < -0.39 is 0 Å². The summed E-state index contributed by atoms with van der Waals surface area (Å²) in [6.45, 7) is 4.22. The number of aromatic nitrogens is 4. The van der Waals surface area contributed by atoms with Gasteiger partial charge in [-0.1, -0.05) is 25.0 Å². The molecule has 3 rings (SSSR count). The van der Waals surface area contributed by atoms with E-state index in [1.165, 1.54) is 25.7 Å². The Balaban J connectivity index is 1.94. The van der Waals surface area contributed by atoms with Crippen molar-refractivity contribution in [3.8, 4) is 11.4 Å². The fourth-order valence-electron chi connectivity index (χ4n) is 3.08. The van der Waals surface area contributed by atoms with Crippen molar-refractivity contribution in [2.75, 3.05) is 5.73 Å². The molecule has 20 heavy (non-hydrogen) atoms. The maximum absolute atomic E-state index is 6.00. The molecule has 1 aromatic heterocycles. The molecule has 1 atom stereocenters. The minimum Gasteiger partial charge on any atom is -0.398 e. The van der Waals surface area contributed by atoms with Gasteiger partial charge in [-0.25, -0.2) is 4.68 Å². The smallest absolute Gasteiger partial charge is 0.182 e. The van der Waals surface area contributed by atoms with Crippen LogP contribution in [0.25, 0.3) is 11.4 Å². The highest BCUT2D eigenvalue weighted by atomic mass is 15.5. The maximum atomic E-state index is 6.00. The summed E-state index contributed by atoms with van der Waals surface area (Å²) in [6.07, 6.45) is 5.20. The quantitative estimate of drug-likeness (QED) is 0.871. The highest BCUT2D eigenvalue weighted by Gasteiger charge is 2.26. The van der Waals surface area contributed by atoms with E-state index in [1.54, 1.807) is 0 Å². The minimum absolute atomic E-state index is 0.338. The van der Waals surface area contributed by atoms with Gasteiger partial charge in [-0.15, -0.1) is 5.10 Å². The summed E-state index contributed by atoms with van der Waals surface area (Å²) in [5.74, 6) is 1.50. The molecule has 0 bridgehead atoms. The van der Waals surface area contributed by atoms with Crippen LogP contribution in [0.2, 0.25) is 0 Å². The molecule has 1 saturated carbocycles. The van der Waals surface area contributed by atoms with Crippen molar-refractivity contribution in [1.29, 1.82) is 0 Å². The second-order valence-corrected chi connectivity index (χ2v) is 5.80. The van der Waals surface area contributed by atoms with E-state index in [1.807, 2.05) is 29.8 Å².